The molecule has 3 N–H and O–H groups in total. The van der Waals surface area contributed by atoms with Gasteiger partial charge in [-0.15, -0.1) is 0 Å². The van der Waals surface area contributed by atoms with Gasteiger partial charge < -0.3 is 10.2 Å². The van der Waals surface area contributed by atoms with Crippen LogP contribution in [-0.4, -0.2) is 11.5 Å². The molecule has 0 aliphatic heterocycles. The lowest BCUT2D eigenvalue weighted by Gasteiger charge is -2.07. The molecular formula is C11H15N3O3. The standard InChI is InChI=1S/C11H15N3O3/c12-13-9-5-10(14(15)16)7-11(6-9)17-4-3-8-1-2-8/h5-8,13H,1-4,12H2. The van der Waals surface area contributed by atoms with Crippen LogP contribution < -0.4 is 16.0 Å². The average molecular weight is 237 g/mol. The van der Waals surface area contributed by atoms with E-state index >= 15 is 0 Å². The predicted molar refractivity (Wildman–Crippen MR) is 63.7 cm³/mol. The Labute approximate surface area is 98.9 Å². The number of nitrogen functional groups attached to an aromatic ring is 1. The zero-order valence-corrected chi connectivity index (χ0v) is 9.39. The zero-order chi connectivity index (χ0) is 12.3. The van der Waals surface area contributed by atoms with Crippen LogP contribution in [-0.2, 0) is 0 Å². The van der Waals surface area contributed by atoms with E-state index in [9.17, 15) is 10.1 Å². The summed E-state index contributed by atoms with van der Waals surface area (Å²) in [7, 11) is 0. The Bertz CT molecular complexity index is 418. The lowest BCUT2D eigenvalue weighted by atomic mass is 10.2. The zero-order valence-electron chi connectivity index (χ0n) is 9.39. The molecule has 0 heterocycles. The van der Waals surface area contributed by atoms with E-state index in [1.165, 1.54) is 25.0 Å². The molecule has 2 rings (SSSR count). The van der Waals surface area contributed by atoms with E-state index in [2.05, 4.69) is 5.43 Å². The molecule has 0 saturated heterocycles. The van der Waals surface area contributed by atoms with Crippen molar-refractivity contribution in [2.45, 2.75) is 19.3 Å². The van der Waals surface area contributed by atoms with Crippen molar-refractivity contribution in [2.24, 2.45) is 11.8 Å². The van der Waals surface area contributed by atoms with Crippen molar-refractivity contribution in [1.82, 2.24) is 0 Å². The monoisotopic (exact) mass is 237 g/mol. The highest BCUT2D eigenvalue weighted by molar-refractivity contribution is 5.55. The molecule has 92 valence electrons. The number of nitrogens with one attached hydrogen (secondary N) is 1. The SMILES string of the molecule is NNc1cc(OCCC2CC2)cc([N+](=O)[O-])c1. The number of hydrazine groups is 1. The number of rotatable bonds is 6. The van der Waals surface area contributed by atoms with E-state index in [0.717, 1.165) is 12.3 Å². The summed E-state index contributed by atoms with van der Waals surface area (Å²) in [6.07, 6.45) is 3.55. The molecule has 0 amide bonds. The number of anilines is 1. The number of benzene rings is 1. The third kappa shape index (κ3) is 3.32. The smallest absolute Gasteiger partial charge is 0.275 e. The van der Waals surface area contributed by atoms with Gasteiger partial charge in [0, 0.05) is 12.1 Å². The second kappa shape index (κ2) is 5.01. The van der Waals surface area contributed by atoms with Crippen LogP contribution in [0.5, 0.6) is 5.75 Å². The molecule has 0 spiro atoms. The van der Waals surface area contributed by atoms with Crippen molar-refractivity contribution >= 4 is 11.4 Å². The first-order chi connectivity index (χ1) is 8.19. The highest BCUT2D eigenvalue weighted by Crippen LogP contribution is 2.32. The molecule has 1 aromatic carbocycles. The minimum Gasteiger partial charge on any atom is -0.493 e. The van der Waals surface area contributed by atoms with Crippen LogP contribution in [0.25, 0.3) is 0 Å². The van der Waals surface area contributed by atoms with Gasteiger partial charge in [0.05, 0.1) is 23.3 Å². The van der Waals surface area contributed by atoms with Gasteiger partial charge in [-0.1, -0.05) is 12.8 Å². The number of hydrogen-bond acceptors (Lipinski definition) is 5. The van der Waals surface area contributed by atoms with Gasteiger partial charge >= 0.3 is 0 Å². The normalized spacial score (nSPS) is 14.4. The van der Waals surface area contributed by atoms with Gasteiger partial charge in [0.2, 0.25) is 0 Å². The first kappa shape index (κ1) is 11.7. The van der Waals surface area contributed by atoms with E-state index < -0.39 is 4.92 Å². The quantitative estimate of drug-likeness (QED) is 0.449. The largest absolute Gasteiger partial charge is 0.493 e. The molecule has 1 aliphatic rings. The van der Waals surface area contributed by atoms with Gasteiger partial charge in [0.1, 0.15) is 5.75 Å². The van der Waals surface area contributed by atoms with Gasteiger partial charge in [-0.3, -0.25) is 16.0 Å². The minimum absolute atomic E-state index is 0.0260. The fourth-order valence-electron chi connectivity index (χ4n) is 1.61. The summed E-state index contributed by atoms with van der Waals surface area (Å²) >= 11 is 0. The molecule has 0 unspecified atom stereocenters. The average Bonchev–Trinajstić information content (AvgIpc) is 3.12. The van der Waals surface area contributed by atoms with Crippen LogP contribution >= 0.6 is 0 Å². The van der Waals surface area contributed by atoms with Crippen LogP contribution in [0.2, 0.25) is 0 Å². The first-order valence-corrected chi connectivity index (χ1v) is 5.58. The Kier molecular flexibility index (Phi) is 3.43. The van der Waals surface area contributed by atoms with E-state index in [0.29, 0.717) is 18.0 Å². The molecule has 0 aromatic heterocycles. The summed E-state index contributed by atoms with van der Waals surface area (Å²) < 4.78 is 5.49. The number of nitro groups is 1. The van der Waals surface area contributed by atoms with E-state index in [-0.39, 0.29) is 5.69 Å². The maximum absolute atomic E-state index is 10.7. The molecule has 6 heteroatoms. The second-order valence-corrected chi connectivity index (χ2v) is 4.20. The highest BCUT2D eigenvalue weighted by atomic mass is 16.6. The van der Waals surface area contributed by atoms with Crippen molar-refractivity contribution in [1.29, 1.82) is 0 Å². The number of non-ortho nitro benzene ring substituents is 1. The lowest BCUT2D eigenvalue weighted by molar-refractivity contribution is -0.384. The summed E-state index contributed by atoms with van der Waals surface area (Å²) in [5.74, 6) is 6.50. The van der Waals surface area contributed by atoms with Gasteiger partial charge in [-0.25, -0.2) is 0 Å². The third-order valence-corrected chi connectivity index (χ3v) is 2.76. The number of nitrogens with zero attached hydrogens (tertiary/aromatic N) is 1. The van der Waals surface area contributed by atoms with E-state index in [4.69, 9.17) is 10.6 Å². The number of nitro benzene ring substituents is 1. The van der Waals surface area contributed by atoms with E-state index in [1.807, 2.05) is 0 Å². The van der Waals surface area contributed by atoms with Gasteiger partial charge in [0.15, 0.2) is 0 Å². The summed E-state index contributed by atoms with van der Waals surface area (Å²) in [4.78, 5) is 10.2. The van der Waals surface area contributed by atoms with Crippen LogP contribution in [0.3, 0.4) is 0 Å². The Morgan fingerprint density at radius 3 is 2.82 bits per heavy atom. The van der Waals surface area contributed by atoms with Crippen molar-refractivity contribution in [3.8, 4) is 5.75 Å². The van der Waals surface area contributed by atoms with Gasteiger partial charge in [-0.05, 0) is 12.3 Å². The molecule has 1 fully saturated rings. The third-order valence-electron chi connectivity index (χ3n) is 2.76. The van der Waals surface area contributed by atoms with Gasteiger partial charge in [-0.2, -0.15) is 0 Å². The van der Waals surface area contributed by atoms with Crippen LogP contribution in [0, 0.1) is 16.0 Å². The Hall–Kier alpha value is -1.82. The Balaban J connectivity index is 2.02. The molecule has 0 atom stereocenters. The van der Waals surface area contributed by atoms with Crippen LogP contribution in [0.1, 0.15) is 19.3 Å². The Morgan fingerprint density at radius 2 is 2.24 bits per heavy atom. The fourth-order valence-corrected chi connectivity index (χ4v) is 1.61. The predicted octanol–water partition coefficient (Wildman–Crippen LogP) is 2.06. The van der Waals surface area contributed by atoms with Crippen LogP contribution in [0.15, 0.2) is 18.2 Å². The second-order valence-electron chi connectivity index (χ2n) is 4.20. The molecule has 1 aromatic rings. The summed E-state index contributed by atoms with van der Waals surface area (Å²) in [6.45, 7) is 0.593. The summed E-state index contributed by atoms with van der Waals surface area (Å²) in [5.41, 5.74) is 2.84. The minimum atomic E-state index is -0.464. The van der Waals surface area contributed by atoms with Crippen molar-refractivity contribution in [3.05, 3.63) is 28.3 Å². The maximum Gasteiger partial charge on any atom is 0.275 e. The summed E-state index contributed by atoms with van der Waals surface area (Å²) in [6, 6.07) is 4.43. The van der Waals surface area contributed by atoms with E-state index in [1.54, 1.807) is 6.07 Å². The van der Waals surface area contributed by atoms with Crippen molar-refractivity contribution in [2.75, 3.05) is 12.0 Å². The maximum atomic E-state index is 10.7. The fraction of sp³-hybridized carbons (Fsp3) is 0.455. The van der Waals surface area contributed by atoms with Gasteiger partial charge in [0.25, 0.3) is 5.69 Å². The number of nitrogens with two attached hydrogens (primary N) is 1. The Morgan fingerprint density at radius 1 is 1.47 bits per heavy atom. The molecule has 17 heavy (non-hydrogen) atoms. The first-order valence-electron chi connectivity index (χ1n) is 5.58. The molecule has 1 aliphatic carbocycles. The molecule has 0 radical (unpaired) electrons. The topological polar surface area (TPSA) is 90.4 Å². The van der Waals surface area contributed by atoms with Crippen molar-refractivity contribution in [3.63, 3.8) is 0 Å². The molecule has 1 saturated carbocycles. The number of ether oxygens (including phenoxy) is 1. The molecule has 6 nitrogen and oxygen atoms in total. The number of hydrogen-bond donors (Lipinski definition) is 2. The highest BCUT2D eigenvalue weighted by Gasteiger charge is 2.20. The van der Waals surface area contributed by atoms with Crippen molar-refractivity contribution < 1.29 is 9.66 Å². The molecular weight excluding hydrogens is 222 g/mol. The summed E-state index contributed by atoms with van der Waals surface area (Å²) in [5, 5.41) is 10.7. The molecule has 0 bridgehead atoms. The van der Waals surface area contributed by atoms with Crippen LogP contribution in [0.4, 0.5) is 11.4 Å². The lowest BCUT2D eigenvalue weighted by Crippen LogP contribution is -2.07.